The van der Waals surface area contributed by atoms with Crippen molar-refractivity contribution in [1.82, 2.24) is 15.0 Å². The van der Waals surface area contributed by atoms with Crippen molar-refractivity contribution in [3.05, 3.63) is 0 Å². The van der Waals surface area contributed by atoms with Gasteiger partial charge in [-0.15, -0.1) is 0 Å². The molecule has 0 aromatic carbocycles. The minimum Gasteiger partial charge on any atom is -0.374 e. The average molecular weight is 367 g/mol. The van der Waals surface area contributed by atoms with Crippen LogP contribution in [0.2, 0.25) is 0 Å². The van der Waals surface area contributed by atoms with Gasteiger partial charge in [-0.1, -0.05) is 41.5 Å². The molecule has 4 N–H and O–H groups in total. The van der Waals surface area contributed by atoms with Crippen molar-refractivity contribution in [2.24, 2.45) is 10.8 Å². The van der Waals surface area contributed by atoms with Crippen LogP contribution in [0.3, 0.4) is 0 Å². The Morgan fingerprint density at radius 1 is 0.808 bits per heavy atom. The molecule has 0 aliphatic heterocycles. The lowest BCUT2D eigenvalue weighted by Gasteiger charge is -2.24. The highest BCUT2D eigenvalue weighted by Crippen LogP contribution is 2.22. The van der Waals surface area contributed by atoms with E-state index in [0.717, 1.165) is 13.0 Å². The highest BCUT2D eigenvalue weighted by atomic mass is 16.3. The Bertz CT molecular complexity index is 569. The number of nitrogens with zero attached hydrogens (tertiary/aromatic N) is 3. The summed E-state index contributed by atoms with van der Waals surface area (Å²) < 4.78 is 0. The smallest absolute Gasteiger partial charge is 0.231 e. The van der Waals surface area contributed by atoms with E-state index in [2.05, 4.69) is 72.4 Å². The summed E-state index contributed by atoms with van der Waals surface area (Å²) in [5.41, 5.74) is 0.0571. The van der Waals surface area contributed by atoms with Crippen LogP contribution in [0.25, 0.3) is 0 Å². The SMILES string of the molecule is CC(C)(C)CCNc1nc(NC(O)CC(C)(C)C)nc(NC(C)(C)C)n1. The highest BCUT2D eigenvalue weighted by molar-refractivity contribution is 5.43. The average Bonchev–Trinajstić information content (AvgIpc) is 2.31. The number of hydrogen-bond donors (Lipinski definition) is 4. The molecule has 7 nitrogen and oxygen atoms in total. The number of rotatable bonds is 7. The van der Waals surface area contributed by atoms with Gasteiger partial charge in [-0.25, -0.2) is 0 Å². The predicted octanol–water partition coefficient (Wildman–Crippen LogP) is 4.10. The fourth-order valence-electron chi connectivity index (χ4n) is 2.24. The van der Waals surface area contributed by atoms with Gasteiger partial charge in [0.25, 0.3) is 0 Å². The first-order valence-corrected chi connectivity index (χ1v) is 9.36. The molecule has 0 radical (unpaired) electrons. The molecular weight excluding hydrogens is 328 g/mol. The maximum absolute atomic E-state index is 10.3. The molecule has 150 valence electrons. The fraction of sp³-hybridized carbons (Fsp3) is 0.842. The Kier molecular flexibility index (Phi) is 7.22. The number of aliphatic hydroxyl groups excluding tert-OH is 1. The van der Waals surface area contributed by atoms with E-state index in [0.29, 0.717) is 24.3 Å². The quantitative estimate of drug-likeness (QED) is 0.540. The van der Waals surface area contributed by atoms with Crippen LogP contribution >= 0.6 is 0 Å². The minimum absolute atomic E-state index is 0.000273. The number of anilines is 3. The standard InChI is InChI=1S/C19H38N6O/c1-17(2,3)10-11-20-14-22-15(21-13(26)12-18(4,5)6)24-16(23-14)25-19(7,8)9/h13,26H,10-12H2,1-9H3,(H3,20,21,22,23,24,25). The lowest BCUT2D eigenvalue weighted by molar-refractivity contribution is 0.144. The Labute approximate surface area is 158 Å². The largest absolute Gasteiger partial charge is 0.374 e. The molecule has 0 aliphatic carbocycles. The second-order valence-electron chi connectivity index (χ2n) is 10.3. The molecule has 1 unspecified atom stereocenters. The molecule has 1 heterocycles. The number of aromatic nitrogens is 3. The summed E-state index contributed by atoms with van der Waals surface area (Å²) >= 11 is 0. The van der Waals surface area contributed by atoms with Crippen LogP contribution in [-0.4, -0.2) is 38.4 Å². The topological polar surface area (TPSA) is 95.0 Å². The molecule has 0 aliphatic rings. The summed E-state index contributed by atoms with van der Waals surface area (Å²) in [6.07, 6.45) is 0.867. The summed E-state index contributed by atoms with van der Waals surface area (Å²) in [5.74, 6) is 1.35. The summed E-state index contributed by atoms with van der Waals surface area (Å²) in [6, 6.07) is 0. The lowest BCUT2D eigenvalue weighted by Crippen LogP contribution is -2.29. The monoisotopic (exact) mass is 366 g/mol. The van der Waals surface area contributed by atoms with E-state index in [9.17, 15) is 5.11 Å². The molecule has 1 aromatic heterocycles. The van der Waals surface area contributed by atoms with Crippen molar-refractivity contribution < 1.29 is 5.11 Å². The number of aliphatic hydroxyl groups is 1. The van der Waals surface area contributed by atoms with Gasteiger partial charge < -0.3 is 21.1 Å². The van der Waals surface area contributed by atoms with Crippen LogP contribution in [0.5, 0.6) is 0 Å². The van der Waals surface area contributed by atoms with E-state index in [1.54, 1.807) is 0 Å². The molecular formula is C19H38N6O. The summed E-state index contributed by atoms with van der Waals surface area (Å²) in [4.78, 5) is 13.3. The molecule has 7 heteroatoms. The minimum atomic E-state index is -0.720. The number of nitrogens with one attached hydrogen (secondary N) is 3. The second kappa shape index (κ2) is 8.37. The van der Waals surface area contributed by atoms with Gasteiger partial charge in [0, 0.05) is 12.1 Å². The van der Waals surface area contributed by atoms with Crippen molar-refractivity contribution in [2.75, 3.05) is 22.5 Å². The maximum atomic E-state index is 10.3. The molecule has 1 atom stereocenters. The Balaban J connectivity index is 2.93. The van der Waals surface area contributed by atoms with E-state index in [1.165, 1.54) is 0 Å². The third-order valence-corrected chi connectivity index (χ3v) is 3.38. The summed E-state index contributed by atoms with van der Waals surface area (Å²) in [7, 11) is 0. The van der Waals surface area contributed by atoms with Gasteiger partial charge in [0.15, 0.2) is 0 Å². The zero-order valence-corrected chi connectivity index (χ0v) is 18.0. The van der Waals surface area contributed by atoms with Crippen LogP contribution < -0.4 is 16.0 Å². The number of hydrogen-bond acceptors (Lipinski definition) is 7. The maximum Gasteiger partial charge on any atom is 0.231 e. The molecule has 1 aromatic rings. The molecule has 0 fully saturated rings. The predicted molar refractivity (Wildman–Crippen MR) is 109 cm³/mol. The van der Waals surface area contributed by atoms with Crippen molar-refractivity contribution in [3.8, 4) is 0 Å². The molecule has 0 bridgehead atoms. The Morgan fingerprint density at radius 2 is 1.35 bits per heavy atom. The van der Waals surface area contributed by atoms with Gasteiger partial charge in [-0.2, -0.15) is 15.0 Å². The first-order valence-electron chi connectivity index (χ1n) is 9.36. The van der Waals surface area contributed by atoms with Crippen LogP contribution in [0, 0.1) is 10.8 Å². The van der Waals surface area contributed by atoms with E-state index in [-0.39, 0.29) is 16.4 Å². The zero-order chi connectivity index (χ0) is 20.2. The molecule has 0 amide bonds. The van der Waals surface area contributed by atoms with Gasteiger partial charge in [0.2, 0.25) is 17.8 Å². The van der Waals surface area contributed by atoms with Gasteiger partial charge >= 0.3 is 0 Å². The van der Waals surface area contributed by atoms with Crippen molar-refractivity contribution in [1.29, 1.82) is 0 Å². The van der Waals surface area contributed by atoms with Crippen molar-refractivity contribution in [2.45, 2.75) is 86.9 Å². The zero-order valence-electron chi connectivity index (χ0n) is 18.0. The van der Waals surface area contributed by atoms with Crippen LogP contribution in [0.15, 0.2) is 0 Å². The van der Waals surface area contributed by atoms with Gasteiger partial charge in [-0.3, -0.25) is 0 Å². The van der Waals surface area contributed by atoms with E-state index < -0.39 is 6.23 Å². The van der Waals surface area contributed by atoms with Gasteiger partial charge in [0.05, 0.1) is 0 Å². The molecule has 0 saturated carbocycles. The van der Waals surface area contributed by atoms with Crippen molar-refractivity contribution >= 4 is 17.8 Å². The summed E-state index contributed by atoms with van der Waals surface area (Å²) in [6.45, 7) is 19.7. The first-order chi connectivity index (χ1) is 11.6. The highest BCUT2D eigenvalue weighted by Gasteiger charge is 2.19. The third kappa shape index (κ3) is 10.4. The van der Waals surface area contributed by atoms with Crippen LogP contribution in [-0.2, 0) is 0 Å². The first kappa shape index (κ1) is 22.4. The second-order valence-corrected chi connectivity index (χ2v) is 10.3. The Hall–Kier alpha value is -1.63. The molecule has 26 heavy (non-hydrogen) atoms. The van der Waals surface area contributed by atoms with Gasteiger partial charge in [-0.05, 0) is 44.4 Å². The van der Waals surface area contributed by atoms with E-state index >= 15 is 0 Å². The fourth-order valence-corrected chi connectivity index (χ4v) is 2.24. The Morgan fingerprint density at radius 3 is 1.85 bits per heavy atom. The van der Waals surface area contributed by atoms with Crippen LogP contribution in [0.4, 0.5) is 17.8 Å². The third-order valence-electron chi connectivity index (χ3n) is 3.38. The van der Waals surface area contributed by atoms with Gasteiger partial charge in [0.1, 0.15) is 6.23 Å². The lowest BCUT2D eigenvalue weighted by atomic mass is 9.91. The van der Waals surface area contributed by atoms with Crippen LogP contribution in [0.1, 0.15) is 75.2 Å². The van der Waals surface area contributed by atoms with Crippen molar-refractivity contribution in [3.63, 3.8) is 0 Å². The molecule has 0 saturated heterocycles. The normalized spacial score (nSPS) is 14.1. The molecule has 0 spiro atoms. The van der Waals surface area contributed by atoms with E-state index in [4.69, 9.17) is 0 Å². The van der Waals surface area contributed by atoms with E-state index in [1.807, 2.05) is 20.8 Å². The molecule has 1 rings (SSSR count). The summed E-state index contributed by atoms with van der Waals surface area (Å²) in [5, 5.41) is 19.8.